The molecule has 0 fully saturated rings. The molecule has 2 unspecified atom stereocenters. The number of guanidine groups is 1. The van der Waals surface area contributed by atoms with Crippen molar-refractivity contribution in [1.82, 2.24) is 5.32 Å². The van der Waals surface area contributed by atoms with Crippen molar-refractivity contribution in [1.29, 1.82) is 0 Å². The first-order chi connectivity index (χ1) is 11.2. The number of aliphatic imine (C=N–C) groups is 1. The number of aliphatic hydroxyl groups is 1. The van der Waals surface area contributed by atoms with Gasteiger partial charge in [0.05, 0.1) is 18.4 Å². The minimum absolute atomic E-state index is 0.0395. The van der Waals surface area contributed by atoms with Gasteiger partial charge in [0.2, 0.25) is 0 Å². The van der Waals surface area contributed by atoms with Crippen LogP contribution in [-0.2, 0) is 9.84 Å². The average Bonchev–Trinajstić information content (AvgIpc) is 2.99. The SMILES string of the molecule is CC(C)CCCC(C)NC(N)=NCC(O)CS(=O)(=O)c1cccs1. The minimum atomic E-state index is -3.47. The van der Waals surface area contributed by atoms with E-state index in [2.05, 4.69) is 24.2 Å². The molecular formula is C16H29N3O3S2. The molecule has 2 atom stereocenters. The Morgan fingerprint density at radius 3 is 2.67 bits per heavy atom. The zero-order chi connectivity index (χ0) is 18.2. The van der Waals surface area contributed by atoms with Crippen molar-refractivity contribution in [3.63, 3.8) is 0 Å². The second-order valence-electron chi connectivity index (χ2n) is 6.46. The molecule has 0 aliphatic carbocycles. The number of nitrogens with two attached hydrogens (primary N) is 1. The number of rotatable bonds is 10. The highest BCUT2D eigenvalue weighted by atomic mass is 32.2. The number of hydrogen-bond donors (Lipinski definition) is 3. The van der Waals surface area contributed by atoms with Gasteiger partial charge in [0.25, 0.3) is 0 Å². The Morgan fingerprint density at radius 2 is 2.08 bits per heavy atom. The van der Waals surface area contributed by atoms with Gasteiger partial charge in [-0.3, -0.25) is 4.99 Å². The van der Waals surface area contributed by atoms with Gasteiger partial charge in [-0.15, -0.1) is 11.3 Å². The number of aliphatic hydroxyl groups excluding tert-OH is 1. The molecule has 0 aromatic carbocycles. The highest BCUT2D eigenvalue weighted by Crippen LogP contribution is 2.18. The molecule has 0 aliphatic heterocycles. The van der Waals surface area contributed by atoms with E-state index in [9.17, 15) is 13.5 Å². The summed E-state index contributed by atoms with van der Waals surface area (Å²) in [6.45, 7) is 6.38. The standard InChI is InChI=1S/C16H29N3O3S2/c1-12(2)6-4-7-13(3)19-16(17)18-10-14(20)11-24(21,22)15-8-5-9-23-15/h5,8-9,12-14,20H,4,6-7,10-11H2,1-3H3,(H3,17,18,19). The molecule has 1 heterocycles. The van der Waals surface area contributed by atoms with E-state index >= 15 is 0 Å². The van der Waals surface area contributed by atoms with Crippen LogP contribution < -0.4 is 11.1 Å². The number of hydrogen-bond acceptors (Lipinski definition) is 5. The summed E-state index contributed by atoms with van der Waals surface area (Å²) in [5.41, 5.74) is 5.79. The van der Waals surface area contributed by atoms with Crippen molar-refractivity contribution in [2.24, 2.45) is 16.6 Å². The first-order valence-corrected chi connectivity index (χ1v) is 10.7. The van der Waals surface area contributed by atoms with Crippen LogP contribution in [0.3, 0.4) is 0 Å². The Labute approximate surface area is 149 Å². The lowest BCUT2D eigenvalue weighted by atomic mass is 10.0. The van der Waals surface area contributed by atoms with Crippen LogP contribution in [0.2, 0.25) is 0 Å². The quantitative estimate of drug-likeness (QED) is 0.428. The third-order valence-corrected chi connectivity index (χ3v) is 6.78. The summed E-state index contributed by atoms with van der Waals surface area (Å²) in [6.07, 6.45) is 2.20. The maximum absolute atomic E-state index is 12.1. The van der Waals surface area contributed by atoms with E-state index in [-0.39, 0.29) is 28.5 Å². The predicted octanol–water partition coefficient (Wildman–Crippen LogP) is 2.00. The van der Waals surface area contributed by atoms with Crippen LogP contribution in [0.5, 0.6) is 0 Å². The second kappa shape index (κ2) is 10.0. The fraction of sp³-hybridized carbons (Fsp3) is 0.688. The van der Waals surface area contributed by atoms with Crippen LogP contribution in [0, 0.1) is 5.92 Å². The van der Waals surface area contributed by atoms with Crippen LogP contribution in [0.4, 0.5) is 0 Å². The van der Waals surface area contributed by atoms with Crippen LogP contribution in [-0.4, -0.2) is 43.9 Å². The van der Waals surface area contributed by atoms with Crippen molar-refractivity contribution in [3.05, 3.63) is 17.5 Å². The highest BCUT2D eigenvalue weighted by Gasteiger charge is 2.20. The topological polar surface area (TPSA) is 105 Å². The first kappa shape index (κ1) is 20.9. The number of nitrogens with one attached hydrogen (secondary N) is 1. The molecule has 1 aromatic rings. The maximum atomic E-state index is 12.1. The molecule has 24 heavy (non-hydrogen) atoms. The van der Waals surface area contributed by atoms with Gasteiger partial charge in [-0.05, 0) is 30.7 Å². The van der Waals surface area contributed by atoms with E-state index in [0.29, 0.717) is 5.92 Å². The van der Waals surface area contributed by atoms with E-state index in [0.717, 1.165) is 24.2 Å². The lowest BCUT2D eigenvalue weighted by Gasteiger charge is -2.15. The van der Waals surface area contributed by atoms with E-state index in [4.69, 9.17) is 5.73 Å². The normalized spacial score (nSPS) is 15.5. The van der Waals surface area contributed by atoms with Crippen molar-refractivity contribution >= 4 is 27.1 Å². The second-order valence-corrected chi connectivity index (χ2v) is 9.67. The Kier molecular flexibility index (Phi) is 8.72. The van der Waals surface area contributed by atoms with Gasteiger partial charge >= 0.3 is 0 Å². The van der Waals surface area contributed by atoms with Gasteiger partial charge in [0, 0.05) is 6.04 Å². The molecule has 0 amide bonds. The Bertz CT molecular complexity index is 598. The lowest BCUT2D eigenvalue weighted by Crippen LogP contribution is -2.39. The number of nitrogens with zero attached hydrogens (tertiary/aromatic N) is 1. The summed E-state index contributed by atoms with van der Waals surface area (Å²) in [6, 6.07) is 3.40. The van der Waals surface area contributed by atoms with E-state index in [1.807, 2.05) is 6.92 Å². The fourth-order valence-electron chi connectivity index (χ4n) is 2.23. The molecule has 0 bridgehead atoms. The van der Waals surface area contributed by atoms with Gasteiger partial charge < -0.3 is 16.2 Å². The molecule has 0 radical (unpaired) electrons. The highest BCUT2D eigenvalue weighted by molar-refractivity contribution is 7.93. The van der Waals surface area contributed by atoms with Gasteiger partial charge in [-0.2, -0.15) is 0 Å². The van der Waals surface area contributed by atoms with Crippen molar-refractivity contribution in [2.45, 2.75) is 56.4 Å². The molecule has 0 aliphatic rings. The molecule has 138 valence electrons. The Morgan fingerprint density at radius 1 is 1.38 bits per heavy atom. The molecule has 8 heteroatoms. The van der Waals surface area contributed by atoms with E-state index in [1.165, 1.54) is 12.5 Å². The molecule has 0 saturated carbocycles. The Hall–Kier alpha value is -1.12. The summed E-state index contributed by atoms with van der Waals surface area (Å²) in [5, 5.41) is 14.7. The first-order valence-electron chi connectivity index (χ1n) is 8.21. The summed E-state index contributed by atoms with van der Waals surface area (Å²) in [4.78, 5) is 4.05. The zero-order valence-corrected chi connectivity index (χ0v) is 16.2. The van der Waals surface area contributed by atoms with Gasteiger partial charge in [0.15, 0.2) is 15.8 Å². The summed E-state index contributed by atoms with van der Waals surface area (Å²) in [5.74, 6) is 0.567. The number of sulfone groups is 1. The fourth-order valence-corrected chi connectivity index (χ4v) is 4.70. The number of thiophene rings is 1. The van der Waals surface area contributed by atoms with Crippen molar-refractivity contribution in [3.8, 4) is 0 Å². The summed E-state index contributed by atoms with van der Waals surface area (Å²) >= 11 is 1.14. The maximum Gasteiger partial charge on any atom is 0.190 e. The predicted molar refractivity (Wildman–Crippen MR) is 100 cm³/mol. The largest absolute Gasteiger partial charge is 0.390 e. The van der Waals surface area contributed by atoms with Crippen LogP contribution >= 0.6 is 11.3 Å². The van der Waals surface area contributed by atoms with Gasteiger partial charge in [-0.25, -0.2) is 8.42 Å². The minimum Gasteiger partial charge on any atom is -0.390 e. The molecule has 0 saturated heterocycles. The van der Waals surface area contributed by atoms with Gasteiger partial charge in [-0.1, -0.05) is 32.8 Å². The third-order valence-electron chi connectivity index (χ3n) is 3.50. The molecule has 1 aromatic heterocycles. The van der Waals surface area contributed by atoms with Crippen LogP contribution in [0.15, 0.2) is 26.7 Å². The van der Waals surface area contributed by atoms with Crippen molar-refractivity contribution in [2.75, 3.05) is 12.3 Å². The molecule has 4 N–H and O–H groups in total. The Balaban J connectivity index is 2.38. The van der Waals surface area contributed by atoms with Crippen LogP contribution in [0.1, 0.15) is 40.0 Å². The average molecular weight is 376 g/mol. The van der Waals surface area contributed by atoms with E-state index in [1.54, 1.807) is 11.4 Å². The van der Waals surface area contributed by atoms with Crippen LogP contribution in [0.25, 0.3) is 0 Å². The van der Waals surface area contributed by atoms with Gasteiger partial charge in [0.1, 0.15) is 4.21 Å². The smallest absolute Gasteiger partial charge is 0.190 e. The van der Waals surface area contributed by atoms with E-state index < -0.39 is 15.9 Å². The summed E-state index contributed by atoms with van der Waals surface area (Å²) in [7, 11) is -3.47. The monoisotopic (exact) mass is 375 g/mol. The molecule has 6 nitrogen and oxygen atoms in total. The van der Waals surface area contributed by atoms with Crippen molar-refractivity contribution < 1.29 is 13.5 Å². The molecular weight excluding hydrogens is 346 g/mol. The third kappa shape index (κ3) is 8.12. The molecule has 1 rings (SSSR count). The lowest BCUT2D eigenvalue weighted by molar-refractivity contribution is 0.206. The molecule has 0 spiro atoms. The zero-order valence-electron chi connectivity index (χ0n) is 14.6. The summed E-state index contributed by atoms with van der Waals surface area (Å²) < 4.78 is 24.4.